The van der Waals surface area contributed by atoms with E-state index in [2.05, 4.69) is 15.0 Å². The predicted molar refractivity (Wildman–Crippen MR) is 75.2 cm³/mol. The molecule has 0 fully saturated rings. The summed E-state index contributed by atoms with van der Waals surface area (Å²) in [6.45, 7) is 0.758. The summed E-state index contributed by atoms with van der Waals surface area (Å²) < 4.78 is 26.9. The first-order valence-electron chi connectivity index (χ1n) is 5.59. The van der Waals surface area contributed by atoms with E-state index in [-0.39, 0.29) is 4.21 Å². The summed E-state index contributed by atoms with van der Waals surface area (Å²) in [5.74, 6) is 0. The molecule has 3 rings (SSSR count). The maximum atomic E-state index is 12.1. The molecule has 0 saturated carbocycles. The van der Waals surface area contributed by atoms with Crippen LogP contribution >= 0.6 is 11.3 Å². The van der Waals surface area contributed by atoms with Gasteiger partial charge in [0.2, 0.25) is 0 Å². The van der Waals surface area contributed by atoms with Crippen molar-refractivity contribution in [3.8, 4) is 0 Å². The lowest BCUT2D eigenvalue weighted by Gasteiger charge is -2.14. The van der Waals surface area contributed by atoms with Crippen LogP contribution in [0.3, 0.4) is 0 Å². The number of thiazole rings is 1. The van der Waals surface area contributed by atoms with Crippen molar-refractivity contribution in [1.82, 2.24) is 10.3 Å². The maximum Gasteiger partial charge on any atom is 0.273 e. The van der Waals surface area contributed by atoms with Gasteiger partial charge in [-0.25, -0.2) is 8.42 Å². The van der Waals surface area contributed by atoms with Crippen LogP contribution in [-0.2, 0) is 16.6 Å². The largest absolute Gasteiger partial charge is 0.387 e. The van der Waals surface area contributed by atoms with Crippen molar-refractivity contribution in [2.45, 2.75) is 10.8 Å². The maximum absolute atomic E-state index is 12.1. The fourth-order valence-corrected chi connectivity index (χ4v) is 3.68. The number of hydrogen-bond donors (Lipinski definition) is 2. The standard InChI is InChI=1S/C12H11N3O2S2/c16-19(17,12-7-14-8-18-12)15-11-2-1-10-6-13-4-3-9(10)5-11/h1-5,7-8,13,15H,6H2. The fourth-order valence-electron chi connectivity index (χ4n) is 1.83. The van der Waals surface area contributed by atoms with Crippen molar-refractivity contribution >= 4 is 33.1 Å². The highest BCUT2D eigenvalue weighted by atomic mass is 32.2. The summed E-state index contributed by atoms with van der Waals surface area (Å²) >= 11 is 1.09. The first-order chi connectivity index (χ1) is 9.15. The number of nitrogens with zero attached hydrogens (tertiary/aromatic N) is 1. The molecule has 1 aromatic carbocycles. The minimum Gasteiger partial charge on any atom is -0.387 e. The lowest BCUT2D eigenvalue weighted by atomic mass is 10.0. The number of anilines is 1. The van der Waals surface area contributed by atoms with E-state index in [1.165, 1.54) is 11.7 Å². The average molecular weight is 293 g/mol. The Kier molecular flexibility index (Phi) is 3.00. The molecular formula is C12H11N3O2S2. The molecule has 1 aliphatic rings. The Bertz CT molecular complexity index is 721. The topological polar surface area (TPSA) is 71.1 Å². The van der Waals surface area contributed by atoms with Gasteiger partial charge in [-0.1, -0.05) is 6.07 Å². The van der Waals surface area contributed by atoms with Gasteiger partial charge in [-0.2, -0.15) is 0 Å². The van der Waals surface area contributed by atoms with Gasteiger partial charge in [0.15, 0.2) is 4.21 Å². The lowest BCUT2D eigenvalue weighted by molar-refractivity contribution is 0.603. The van der Waals surface area contributed by atoms with E-state index in [0.717, 1.165) is 29.0 Å². The van der Waals surface area contributed by atoms with E-state index in [0.29, 0.717) is 5.69 Å². The van der Waals surface area contributed by atoms with Crippen molar-refractivity contribution in [3.63, 3.8) is 0 Å². The quantitative estimate of drug-likeness (QED) is 0.908. The molecule has 0 bridgehead atoms. The summed E-state index contributed by atoms with van der Waals surface area (Å²) in [4.78, 5) is 3.78. The second-order valence-electron chi connectivity index (χ2n) is 4.05. The Labute approximate surface area is 115 Å². The second kappa shape index (κ2) is 4.67. The van der Waals surface area contributed by atoms with Gasteiger partial charge in [0.05, 0.1) is 11.7 Å². The number of fused-ring (bicyclic) bond motifs is 1. The smallest absolute Gasteiger partial charge is 0.273 e. The molecule has 0 unspecified atom stereocenters. The Morgan fingerprint density at radius 2 is 2.26 bits per heavy atom. The molecule has 0 amide bonds. The molecule has 0 radical (unpaired) electrons. The van der Waals surface area contributed by atoms with Crippen LogP contribution in [0.5, 0.6) is 0 Å². The van der Waals surface area contributed by atoms with Gasteiger partial charge in [0.1, 0.15) is 0 Å². The highest BCUT2D eigenvalue weighted by Crippen LogP contribution is 2.23. The van der Waals surface area contributed by atoms with Gasteiger partial charge in [0.25, 0.3) is 10.0 Å². The summed E-state index contributed by atoms with van der Waals surface area (Å²) in [5, 5.41) is 3.11. The number of hydrogen-bond acceptors (Lipinski definition) is 5. The van der Waals surface area contributed by atoms with Crippen LogP contribution in [0.4, 0.5) is 5.69 Å². The van der Waals surface area contributed by atoms with Gasteiger partial charge >= 0.3 is 0 Å². The highest BCUT2D eigenvalue weighted by Gasteiger charge is 2.16. The van der Waals surface area contributed by atoms with Crippen LogP contribution in [0.15, 0.2) is 40.3 Å². The minimum atomic E-state index is -3.53. The third kappa shape index (κ3) is 2.47. The molecule has 1 aliphatic heterocycles. The highest BCUT2D eigenvalue weighted by molar-refractivity contribution is 7.94. The molecule has 0 spiro atoms. The Morgan fingerprint density at radius 1 is 1.37 bits per heavy atom. The van der Waals surface area contributed by atoms with Gasteiger partial charge < -0.3 is 5.32 Å². The van der Waals surface area contributed by atoms with Gasteiger partial charge in [-0.05, 0) is 35.5 Å². The third-order valence-electron chi connectivity index (χ3n) is 2.75. The van der Waals surface area contributed by atoms with E-state index in [9.17, 15) is 8.42 Å². The van der Waals surface area contributed by atoms with Crippen molar-refractivity contribution < 1.29 is 8.42 Å². The average Bonchev–Trinajstić information content (AvgIpc) is 2.93. The Morgan fingerprint density at radius 3 is 3.05 bits per heavy atom. The molecule has 98 valence electrons. The monoisotopic (exact) mass is 293 g/mol. The molecule has 0 atom stereocenters. The zero-order chi connectivity index (χ0) is 13.3. The van der Waals surface area contributed by atoms with Crippen molar-refractivity contribution in [2.75, 3.05) is 4.72 Å². The number of aromatic nitrogens is 1. The number of rotatable bonds is 3. The van der Waals surface area contributed by atoms with Crippen LogP contribution in [0.2, 0.25) is 0 Å². The summed E-state index contributed by atoms with van der Waals surface area (Å²) in [5.41, 5.74) is 4.21. The van der Waals surface area contributed by atoms with Crippen molar-refractivity contribution in [3.05, 3.63) is 47.2 Å². The van der Waals surface area contributed by atoms with E-state index in [1.54, 1.807) is 6.07 Å². The molecule has 0 saturated heterocycles. The first-order valence-corrected chi connectivity index (χ1v) is 7.96. The number of nitrogens with one attached hydrogen (secondary N) is 2. The van der Waals surface area contributed by atoms with E-state index in [1.807, 2.05) is 24.4 Å². The van der Waals surface area contributed by atoms with Crippen molar-refractivity contribution in [2.24, 2.45) is 0 Å². The second-order valence-corrected chi connectivity index (χ2v) is 6.85. The first kappa shape index (κ1) is 12.2. The van der Waals surface area contributed by atoms with E-state index in [4.69, 9.17) is 0 Å². The van der Waals surface area contributed by atoms with E-state index < -0.39 is 10.0 Å². The fraction of sp³-hybridized carbons (Fsp3) is 0.0833. The molecule has 19 heavy (non-hydrogen) atoms. The molecule has 2 aromatic rings. The van der Waals surface area contributed by atoms with Crippen LogP contribution < -0.4 is 10.0 Å². The Hall–Kier alpha value is -1.86. The summed E-state index contributed by atoms with van der Waals surface area (Å²) in [6.07, 6.45) is 5.11. The zero-order valence-corrected chi connectivity index (χ0v) is 11.5. The van der Waals surface area contributed by atoms with Crippen LogP contribution in [0.1, 0.15) is 11.1 Å². The molecule has 5 nitrogen and oxygen atoms in total. The van der Waals surface area contributed by atoms with Gasteiger partial charge in [0, 0.05) is 12.2 Å². The van der Waals surface area contributed by atoms with E-state index >= 15 is 0 Å². The van der Waals surface area contributed by atoms with Crippen molar-refractivity contribution in [1.29, 1.82) is 0 Å². The molecule has 2 N–H and O–H groups in total. The Balaban J connectivity index is 1.91. The molecule has 0 aliphatic carbocycles. The van der Waals surface area contributed by atoms with Crippen LogP contribution in [-0.4, -0.2) is 13.4 Å². The zero-order valence-electron chi connectivity index (χ0n) is 9.83. The SMILES string of the molecule is O=S(=O)(Nc1ccc2c(c1)C=CNC2)c1cncs1. The minimum absolute atomic E-state index is 0.211. The molecule has 2 heterocycles. The predicted octanol–water partition coefficient (Wildman–Crippen LogP) is 2.02. The molecule has 1 aromatic heterocycles. The third-order valence-corrected chi connectivity index (χ3v) is 5.40. The number of benzene rings is 1. The molecule has 7 heteroatoms. The lowest BCUT2D eigenvalue weighted by Crippen LogP contribution is -2.13. The van der Waals surface area contributed by atoms with Crippen LogP contribution in [0.25, 0.3) is 6.08 Å². The van der Waals surface area contributed by atoms with Gasteiger partial charge in [-0.15, -0.1) is 11.3 Å². The normalized spacial score (nSPS) is 13.7. The number of sulfonamides is 1. The van der Waals surface area contributed by atoms with Crippen LogP contribution in [0, 0.1) is 0 Å². The summed E-state index contributed by atoms with van der Waals surface area (Å²) in [7, 11) is -3.53. The van der Waals surface area contributed by atoms with Gasteiger partial charge in [-0.3, -0.25) is 9.71 Å². The molecular weight excluding hydrogens is 282 g/mol. The summed E-state index contributed by atoms with van der Waals surface area (Å²) in [6, 6.07) is 5.50.